The summed E-state index contributed by atoms with van der Waals surface area (Å²) in [6.45, 7) is 0.364. The summed E-state index contributed by atoms with van der Waals surface area (Å²) in [5.74, 6) is -0.299. The third-order valence-corrected chi connectivity index (χ3v) is 3.72. The lowest BCUT2D eigenvalue weighted by molar-refractivity contribution is 0.0950. The van der Waals surface area contributed by atoms with E-state index in [4.69, 9.17) is 11.6 Å². The van der Waals surface area contributed by atoms with E-state index in [1.807, 2.05) is 36.5 Å². The zero-order valence-corrected chi connectivity index (χ0v) is 12.3. The number of carbonyl (C=O) groups excluding carboxylic acids is 1. The summed E-state index contributed by atoms with van der Waals surface area (Å²) in [4.78, 5) is 11.8. The molecule has 0 aliphatic heterocycles. The fraction of sp³-hybridized carbons (Fsp3) is 0.0769. The first kappa shape index (κ1) is 13.7. The van der Waals surface area contributed by atoms with Gasteiger partial charge >= 0.3 is 0 Å². The van der Waals surface area contributed by atoms with E-state index in [-0.39, 0.29) is 15.4 Å². The monoisotopic (exact) mass is 319 g/mol. The molecule has 3 aromatic rings. The van der Waals surface area contributed by atoms with Gasteiger partial charge in [-0.05, 0) is 23.7 Å². The van der Waals surface area contributed by atoms with Crippen molar-refractivity contribution in [2.24, 2.45) is 0 Å². The number of benzene rings is 1. The van der Waals surface area contributed by atoms with Crippen molar-refractivity contribution in [2.75, 3.05) is 0 Å². The number of rotatable bonds is 4. The summed E-state index contributed by atoms with van der Waals surface area (Å²) in [6.07, 6.45) is 3.57. The largest absolute Gasteiger partial charge is 0.346 e. The van der Waals surface area contributed by atoms with Gasteiger partial charge in [0, 0.05) is 18.3 Å². The van der Waals surface area contributed by atoms with Crippen LogP contribution in [0.15, 0.2) is 42.7 Å². The second kappa shape index (κ2) is 6.02. The second-order valence-corrected chi connectivity index (χ2v) is 5.73. The standard InChI is InChI=1S/C13H10ClN5OS/c14-13-18-17-12(21-13)11(20)15-6-9-7-16-19(8-9)10-4-2-1-3-5-10/h1-5,7-8H,6H2,(H,15,20). The van der Waals surface area contributed by atoms with Crippen molar-refractivity contribution in [1.29, 1.82) is 0 Å². The zero-order chi connectivity index (χ0) is 14.7. The third-order valence-electron chi connectivity index (χ3n) is 2.70. The molecule has 2 heterocycles. The third kappa shape index (κ3) is 3.26. The number of halogens is 1. The molecule has 1 aromatic carbocycles. The van der Waals surface area contributed by atoms with E-state index in [1.165, 1.54) is 0 Å². The Morgan fingerprint density at radius 2 is 2.10 bits per heavy atom. The lowest BCUT2D eigenvalue weighted by atomic mass is 10.3. The molecule has 0 fully saturated rings. The molecule has 8 heteroatoms. The fourth-order valence-corrected chi connectivity index (χ4v) is 2.47. The highest BCUT2D eigenvalue weighted by Crippen LogP contribution is 2.14. The SMILES string of the molecule is O=C(NCc1cnn(-c2ccccc2)c1)c1nnc(Cl)s1. The molecule has 0 saturated carbocycles. The van der Waals surface area contributed by atoms with Crippen LogP contribution in [0.5, 0.6) is 0 Å². The molecule has 0 atom stereocenters. The van der Waals surface area contributed by atoms with E-state index in [2.05, 4.69) is 20.6 Å². The zero-order valence-electron chi connectivity index (χ0n) is 10.7. The Bertz CT molecular complexity index is 755. The van der Waals surface area contributed by atoms with Crippen LogP contribution in [0.4, 0.5) is 0 Å². The molecule has 106 valence electrons. The van der Waals surface area contributed by atoms with Crippen molar-refractivity contribution in [3.63, 3.8) is 0 Å². The Morgan fingerprint density at radius 3 is 2.81 bits per heavy atom. The molecule has 1 N–H and O–H groups in total. The Labute approximate surface area is 129 Å². The highest BCUT2D eigenvalue weighted by molar-refractivity contribution is 7.17. The molecule has 0 unspecified atom stereocenters. The molecule has 0 saturated heterocycles. The van der Waals surface area contributed by atoms with Gasteiger partial charge in [0.15, 0.2) is 0 Å². The summed E-state index contributed by atoms with van der Waals surface area (Å²) in [7, 11) is 0. The summed E-state index contributed by atoms with van der Waals surface area (Å²) in [5.41, 5.74) is 1.86. The summed E-state index contributed by atoms with van der Waals surface area (Å²) in [6, 6.07) is 9.74. The minimum Gasteiger partial charge on any atom is -0.346 e. The Morgan fingerprint density at radius 1 is 1.29 bits per heavy atom. The molecular formula is C13H10ClN5OS. The van der Waals surface area contributed by atoms with Crippen LogP contribution in [0.2, 0.25) is 4.47 Å². The van der Waals surface area contributed by atoms with Gasteiger partial charge in [-0.2, -0.15) is 5.10 Å². The molecule has 0 aliphatic carbocycles. The maximum Gasteiger partial charge on any atom is 0.282 e. The number of nitrogens with one attached hydrogen (secondary N) is 1. The number of hydrogen-bond donors (Lipinski definition) is 1. The van der Waals surface area contributed by atoms with Gasteiger partial charge in [0.05, 0.1) is 11.9 Å². The second-order valence-electron chi connectivity index (χ2n) is 4.17. The van der Waals surface area contributed by atoms with E-state index < -0.39 is 0 Å². The average molecular weight is 320 g/mol. The first-order valence-electron chi connectivity index (χ1n) is 6.08. The number of carbonyl (C=O) groups is 1. The lowest BCUT2D eigenvalue weighted by Crippen LogP contribution is -2.22. The number of nitrogens with zero attached hydrogens (tertiary/aromatic N) is 4. The molecule has 0 radical (unpaired) electrons. The van der Waals surface area contributed by atoms with E-state index >= 15 is 0 Å². The number of para-hydroxylation sites is 1. The van der Waals surface area contributed by atoms with Gasteiger partial charge in [-0.25, -0.2) is 4.68 Å². The number of aromatic nitrogens is 4. The maximum atomic E-state index is 11.8. The van der Waals surface area contributed by atoms with Crippen LogP contribution < -0.4 is 5.32 Å². The van der Waals surface area contributed by atoms with Gasteiger partial charge in [0.1, 0.15) is 0 Å². The first-order chi connectivity index (χ1) is 10.2. The highest BCUT2D eigenvalue weighted by Gasteiger charge is 2.11. The quantitative estimate of drug-likeness (QED) is 0.801. The van der Waals surface area contributed by atoms with Crippen molar-refractivity contribution in [2.45, 2.75) is 6.54 Å². The van der Waals surface area contributed by atoms with Crippen LogP contribution in [-0.2, 0) is 6.54 Å². The van der Waals surface area contributed by atoms with Crippen molar-refractivity contribution in [3.05, 3.63) is 57.8 Å². The fourth-order valence-electron chi connectivity index (χ4n) is 1.73. The normalized spacial score (nSPS) is 10.5. The van der Waals surface area contributed by atoms with Crippen molar-refractivity contribution >= 4 is 28.8 Å². The van der Waals surface area contributed by atoms with E-state index in [9.17, 15) is 4.79 Å². The summed E-state index contributed by atoms with van der Waals surface area (Å²) >= 11 is 6.69. The Hall–Kier alpha value is -2.25. The van der Waals surface area contributed by atoms with Gasteiger partial charge in [-0.15, -0.1) is 10.2 Å². The summed E-state index contributed by atoms with van der Waals surface area (Å²) < 4.78 is 2.00. The van der Waals surface area contributed by atoms with Crippen LogP contribution in [0.25, 0.3) is 5.69 Å². The molecular weight excluding hydrogens is 310 g/mol. The molecule has 0 bridgehead atoms. The van der Waals surface area contributed by atoms with E-state index in [0.29, 0.717) is 6.54 Å². The Balaban J connectivity index is 1.64. The van der Waals surface area contributed by atoms with Gasteiger partial charge in [-0.1, -0.05) is 29.5 Å². The average Bonchev–Trinajstić information content (AvgIpc) is 3.15. The maximum absolute atomic E-state index is 11.8. The van der Waals surface area contributed by atoms with Crippen LogP contribution in [0.3, 0.4) is 0 Å². The molecule has 0 aliphatic rings. The predicted molar refractivity (Wildman–Crippen MR) is 79.7 cm³/mol. The predicted octanol–water partition coefficient (Wildman–Crippen LogP) is 2.31. The highest BCUT2D eigenvalue weighted by atomic mass is 35.5. The van der Waals surface area contributed by atoms with Gasteiger partial charge in [0.25, 0.3) is 5.91 Å². The first-order valence-corrected chi connectivity index (χ1v) is 7.28. The minimum atomic E-state index is -0.299. The lowest BCUT2D eigenvalue weighted by Gasteiger charge is -2.00. The van der Waals surface area contributed by atoms with Crippen molar-refractivity contribution < 1.29 is 4.79 Å². The van der Waals surface area contributed by atoms with Crippen LogP contribution in [0, 0.1) is 0 Å². The number of amides is 1. The summed E-state index contributed by atoms with van der Waals surface area (Å²) in [5, 5.41) is 14.5. The smallest absolute Gasteiger partial charge is 0.282 e. The van der Waals surface area contributed by atoms with Gasteiger partial charge in [0.2, 0.25) is 9.47 Å². The molecule has 3 rings (SSSR count). The minimum absolute atomic E-state index is 0.246. The van der Waals surface area contributed by atoms with E-state index in [1.54, 1.807) is 10.9 Å². The van der Waals surface area contributed by atoms with E-state index in [0.717, 1.165) is 22.6 Å². The topological polar surface area (TPSA) is 72.7 Å². The molecule has 6 nitrogen and oxygen atoms in total. The van der Waals surface area contributed by atoms with Crippen LogP contribution in [-0.4, -0.2) is 25.9 Å². The van der Waals surface area contributed by atoms with Crippen molar-refractivity contribution in [1.82, 2.24) is 25.3 Å². The van der Waals surface area contributed by atoms with Crippen LogP contribution >= 0.6 is 22.9 Å². The Kier molecular flexibility index (Phi) is 3.94. The molecule has 2 aromatic heterocycles. The van der Waals surface area contributed by atoms with Gasteiger partial charge in [-0.3, -0.25) is 4.79 Å². The molecule has 0 spiro atoms. The molecule has 21 heavy (non-hydrogen) atoms. The van der Waals surface area contributed by atoms with Crippen LogP contribution in [0.1, 0.15) is 15.4 Å². The van der Waals surface area contributed by atoms with Crippen molar-refractivity contribution in [3.8, 4) is 5.69 Å². The number of hydrogen-bond acceptors (Lipinski definition) is 5. The van der Waals surface area contributed by atoms with Gasteiger partial charge < -0.3 is 5.32 Å². The molecule has 1 amide bonds.